The summed E-state index contributed by atoms with van der Waals surface area (Å²) in [6.07, 6.45) is 5.92. The minimum atomic E-state index is 0.294. The standard InChI is InChI=1S/C14H25NO2/c1-14(2)12(9-7-8-17-13(9)14)15-10-5-4-6-11(10)16-3/h9-13,15H,4-8H2,1-3H3. The molecule has 0 bridgehead atoms. The number of nitrogens with one attached hydrogen (secondary N) is 1. The van der Waals surface area contributed by atoms with Crippen LogP contribution >= 0.6 is 0 Å². The first kappa shape index (κ1) is 11.9. The molecule has 1 aliphatic heterocycles. The second-order valence-corrected chi connectivity index (χ2v) is 6.52. The fourth-order valence-corrected chi connectivity index (χ4v) is 4.29. The van der Waals surface area contributed by atoms with Gasteiger partial charge < -0.3 is 14.8 Å². The summed E-state index contributed by atoms with van der Waals surface area (Å²) in [5.41, 5.74) is 0.294. The molecule has 3 rings (SSSR count). The lowest BCUT2D eigenvalue weighted by Crippen LogP contribution is -2.68. The van der Waals surface area contributed by atoms with Gasteiger partial charge in [-0.2, -0.15) is 0 Å². The molecule has 3 fully saturated rings. The van der Waals surface area contributed by atoms with Crippen LogP contribution in [0.15, 0.2) is 0 Å². The van der Waals surface area contributed by atoms with Crippen LogP contribution in [0, 0.1) is 11.3 Å². The Labute approximate surface area is 104 Å². The van der Waals surface area contributed by atoms with Gasteiger partial charge in [-0.3, -0.25) is 0 Å². The van der Waals surface area contributed by atoms with E-state index in [2.05, 4.69) is 19.2 Å². The monoisotopic (exact) mass is 239 g/mol. The minimum absolute atomic E-state index is 0.294. The maximum Gasteiger partial charge on any atom is 0.0724 e. The van der Waals surface area contributed by atoms with Crippen LogP contribution in [0.1, 0.15) is 39.5 Å². The van der Waals surface area contributed by atoms with Crippen molar-refractivity contribution in [2.45, 2.75) is 63.8 Å². The van der Waals surface area contributed by atoms with E-state index in [-0.39, 0.29) is 0 Å². The van der Waals surface area contributed by atoms with Crippen LogP contribution in [0.5, 0.6) is 0 Å². The first-order valence-electron chi connectivity index (χ1n) is 7.05. The van der Waals surface area contributed by atoms with E-state index in [0.717, 1.165) is 12.5 Å². The minimum Gasteiger partial charge on any atom is -0.380 e. The van der Waals surface area contributed by atoms with Crippen LogP contribution in [-0.4, -0.2) is 38.0 Å². The Hall–Kier alpha value is -0.120. The summed E-state index contributed by atoms with van der Waals surface area (Å²) in [4.78, 5) is 0. The number of hydrogen-bond donors (Lipinski definition) is 1. The summed E-state index contributed by atoms with van der Waals surface area (Å²) in [5.74, 6) is 0.739. The van der Waals surface area contributed by atoms with E-state index in [1.165, 1.54) is 25.7 Å². The SMILES string of the molecule is COC1CCCC1NC1C2CCOC2C1(C)C. The van der Waals surface area contributed by atoms with Gasteiger partial charge in [0, 0.05) is 37.1 Å². The lowest BCUT2D eigenvalue weighted by molar-refractivity contribution is -0.118. The first-order chi connectivity index (χ1) is 8.14. The molecule has 1 heterocycles. The van der Waals surface area contributed by atoms with E-state index < -0.39 is 0 Å². The maximum absolute atomic E-state index is 5.84. The fourth-order valence-electron chi connectivity index (χ4n) is 4.29. The third-order valence-electron chi connectivity index (χ3n) is 5.25. The molecular weight excluding hydrogens is 214 g/mol. The molecular formula is C14H25NO2. The van der Waals surface area contributed by atoms with E-state index in [0.29, 0.717) is 29.7 Å². The smallest absolute Gasteiger partial charge is 0.0724 e. The number of methoxy groups -OCH3 is 1. The maximum atomic E-state index is 5.84. The van der Waals surface area contributed by atoms with Crippen molar-refractivity contribution in [2.24, 2.45) is 11.3 Å². The van der Waals surface area contributed by atoms with Gasteiger partial charge in [-0.25, -0.2) is 0 Å². The van der Waals surface area contributed by atoms with Crippen molar-refractivity contribution < 1.29 is 9.47 Å². The van der Waals surface area contributed by atoms with Gasteiger partial charge in [-0.1, -0.05) is 13.8 Å². The van der Waals surface area contributed by atoms with Gasteiger partial charge in [0.2, 0.25) is 0 Å². The van der Waals surface area contributed by atoms with Gasteiger partial charge >= 0.3 is 0 Å². The van der Waals surface area contributed by atoms with Crippen molar-refractivity contribution in [2.75, 3.05) is 13.7 Å². The van der Waals surface area contributed by atoms with Crippen molar-refractivity contribution in [1.82, 2.24) is 5.32 Å². The normalized spacial score (nSPS) is 47.8. The highest BCUT2D eigenvalue weighted by molar-refractivity contribution is 5.12. The zero-order valence-electron chi connectivity index (χ0n) is 11.2. The Morgan fingerprint density at radius 2 is 2.06 bits per heavy atom. The molecule has 3 nitrogen and oxygen atoms in total. The number of rotatable bonds is 3. The summed E-state index contributed by atoms with van der Waals surface area (Å²) < 4.78 is 11.4. The molecule has 0 aromatic heterocycles. The van der Waals surface area contributed by atoms with Crippen LogP contribution in [0.2, 0.25) is 0 Å². The van der Waals surface area contributed by atoms with Gasteiger partial charge in [0.15, 0.2) is 0 Å². The average molecular weight is 239 g/mol. The summed E-state index contributed by atoms with van der Waals surface area (Å²) in [6, 6.07) is 1.18. The molecule has 1 saturated heterocycles. The molecule has 17 heavy (non-hydrogen) atoms. The topological polar surface area (TPSA) is 30.5 Å². The van der Waals surface area contributed by atoms with Crippen molar-refractivity contribution in [3.05, 3.63) is 0 Å². The zero-order chi connectivity index (χ0) is 12.0. The lowest BCUT2D eigenvalue weighted by Gasteiger charge is -2.56. The molecule has 0 aromatic carbocycles. The van der Waals surface area contributed by atoms with Crippen LogP contribution in [0.3, 0.4) is 0 Å². The molecule has 1 N–H and O–H groups in total. The van der Waals surface area contributed by atoms with Crippen molar-refractivity contribution >= 4 is 0 Å². The van der Waals surface area contributed by atoms with E-state index in [1.54, 1.807) is 0 Å². The van der Waals surface area contributed by atoms with Crippen LogP contribution in [0.25, 0.3) is 0 Å². The lowest BCUT2D eigenvalue weighted by atomic mass is 9.57. The largest absolute Gasteiger partial charge is 0.380 e. The Kier molecular flexibility index (Phi) is 2.96. The molecule has 3 aliphatic rings. The highest BCUT2D eigenvalue weighted by atomic mass is 16.5. The fraction of sp³-hybridized carbons (Fsp3) is 1.00. The molecule has 0 spiro atoms. The quantitative estimate of drug-likeness (QED) is 0.816. The molecule has 0 radical (unpaired) electrons. The zero-order valence-corrected chi connectivity index (χ0v) is 11.2. The molecule has 2 saturated carbocycles. The second-order valence-electron chi connectivity index (χ2n) is 6.52. The highest BCUT2D eigenvalue weighted by Gasteiger charge is 2.59. The van der Waals surface area contributed by atoms with E-state index in [4.69, 9.17) is 9.47 Å². The first-order valence-corrected chi connectivity index (χ1v) is 7.05. The summed E-state index contributed by atoms with van der Waals surface area (Å²) >= 11 is 0. The van der Waals surface area contributed by atoms with Gasteiger partial charge in [-0.15, -0.1) is 0 Å². The van der Waals surface area contributed by atoms with E-state index in [9.17, 15) is 0 Å². The molecule has 3 heteroatoms. The summed E-state index contributed by atoms with van der Waals surface area (Å²) in [7, 11) is 1.85. The van der Waals surface area contributed by atoms with Crippen LogP contribution < -0.4 is 5.32 Å². The van der Waals surface area contributed by atoms with Crippen LogP contribution in [-0.2, 0) is 9.47 Å². The third kappa shape index (κ3) is 1.74. The number of ether oxygens (including phenoxy) is 2. The third-order valence-corrected chi connectivity index (χ3v) is 5.25. The summed E-state index contributed by atoms with van der Waals surface area (Å²) in [6.45, 7) is 5.64. The van der Waals surface area contributed by atoms with Gasteiger partial charge in [0.25, 0.3) is 0 Å². The molecule has 98 valence electrons. The highest BCUT2D eigenvalue weighted by Crippen LogP contribution is 2.52. The Balaban J connectivity index is 1.65. The molecule has 0 amide bonds. The molecule has 5 unspecified atom stereocenters. The summed E-state index contributed by atoms with van der Waals surface area (Å²) in [5, 5.41) is 3.87. The second kappa shape index (κ2) is 4.22. The molecule has 0 aromatic rings. The molecule has 2 aliphatic carbocycles. The van der Waals surface area contributed by atoms with Crippen molar-refractivity contribution in [3.8, 4) is 0 Å². The van der Waals surface area contributed by atoms with Gasteiger partial charge in [-0.05, 0) is 25.7 Å². The van der Waals surface area contributed by atoms with Crippen molar-refractivity contribution in [3.63, 3.8) is 0 Å². The number of fused-ring (bicyclic) bond motifs is 1. The van der Waals surface area contributed by atoms with Crippen LogP contribution in [0.4, 0.5) is 0 Å². The predicted octanol–water partition coefficient (Wildman–Crippen LogP) is 1.96. The van der Waals surface area contributed by atoms with E-state index in [1.807, 2.05) is 7.11 Å². The van der Waals surface area contributed by atoms with Crippen molar-refractivity contribution in [1.29, 1.82) is 0 Å². The molecule has 5 atom stereocenters. The van der Waals surface area contributed by atoms with Gasteiger partial charge in [0.1, 0.15) is 0 Å². The Morgan fingerprint density at radius 1 is 1.24 bits per heavy atom. The van der Waals surface area contributed by atoms with E-state index >= 15 is 0 Å². The predicted molar refractivity (Wildman–Crippen MR) is 67.0 cm³/mol. The Bertz CT molecular complexity index is 292. The average Bonchev–Trinajstić information content (AvgIpc) is 2.93. The number of hydrogen-bond acceptors (Lipinski definition) is 3. The van der Waals surface area contributed by atoms with Gasteiger partial charge in [0.05, 0.1) is 12.2 Å². The Morgan fingerprint density at radius 3 is 2.82 bits per heavy atom.